The number of piperazine rings is 1. The van der Waals surface area contributed by atoms with Gasteiger partial charge in [-0.3, -0.25) is 0 Å². The van der Waals surface area contributed by atoms with E-state index < -0.39 is 6.23 Å². The van der Waals surface area contributed by atoms with Crippen LogP contribution in [0.25, 0.3) is 33.2 Å². The number of H-pyrrole nitrogens is 1. The lowest BCUT2D eigenvalue weighted by Gasteiger charge is -2.30. The molecule has 2 fully saturated rings. The van der Waals surface area contributed by atoms with Gasteiger partial charge in [-0.25, -0.2) is 19.3 Å². The molecule has 4 aromatic heterocycles. The van der Waals surface area contributed by atoms with Crippen molar-refractivity contribution in [3.63, 3.8) is 0 Å². The van der Waals surface area contributed by atoms with Crippen molar-refractivity contribution in [2.24, 2.45) is 0 Å². The summed E-state index contributed by atoms with van der Waals surface area (Å²) in [5.41, 5.74) is 4.90. The fourth-order valence-corrected chi connectivity index (χ4v) is 6.37. The number of imidazole rings is 1. The van der Waals surface area contributed by atoms with Crippen LogP contribution in [0.4, 0.5) is 15.9 Å². The number of benzene rings is 1. The van der Waals surface area contributed by atoms with E-state index in [4.69, 9.17) is 0 Å². The van der Waals surface area contributed by atoms with Gasteiger partial charge in [0.15, 0.2) is 12.0 Å². The highest BCUT2D eigenvalue weighted by molar-refractivity contribution is 5.97. The average molecular weight is 570 g/mol. The third-order valence-electron chi connectivity index (χ3n) is 8.65. The Kier molecular flexibility index (Phi) is 7.01. The number of nitrogens with zero attached hydrogens (tertiary/aromatic N) is 6. The number of aryl methyl sites for hydroxylation is 1. The topological polar surface area (TPSA) is 110 Å². The summed E-state index contributed by atoms with van der Waals surface area (Å²) in [5.74, 6) is 1.36. The number of hydrogen-bond acceptors (Lipinski definition) is 8. The van der Waals surface area contributed by atoms with Gasteiger partial charge in [0.05, 0.1) is 17.4 Å². The molecule has 1 aromatic carbocycles. The first-order valence-corrected chi connectivity index (χ1v) is 14.6. The van der Waals surface area contributed by atoms with Crippen LogP contribution >= 0.6 is 0 Å². The minimum absolute atomic E-state index is 0.294. The molecule has 0 radical (unpaired) electrons. The maximum absolute atomic E-state index is 15.5. The second kappa shape index (κ2) is 11.0. The molecule has 11 heteroatoms. The van der Waals surface area contributed by atoms with Crippen LogP contribution in [0.3, 0.4) is 0 Å². The third kappa shape index (κ3) is 4.97. The molecule has 0 amide bonds. The summed E-state index contributed by atoms with van der Waals surface area (Å²) in [6, 6.07) is 9.57. The highest BCUT2D eigenvalue weighted by atomic mass is 19.1. The van der Waals surface area contributed by atoms with E-state index in [9.17, 15) is 5.11 Å². The fraction of sp³-hybridized carbons (Fsp3) is 0.387. The number of likely N-dealkylation sites (tertiary alicyclic amines) is 1. The van der Waals surface area contributed by atoms with Gasteiger partial charge in [-0.05, 0) is 75.8 Å². The van der Waals surface area contributed by atoms with Gasteiger partial charge in [0.2, 0.25) is 0 Å². The Morgan fingerprint density at radius 1 is 1.07 bits per heavy atom. The second-order valence-corrected chi connectivity index (χ2v) is 11.4. The number of nitrogens with one attached hydrogen (secondary N) is 3. The van der Waals surface area contributed by atoms with Gasteiger partial charge in [0.1, 0.15) is 22.8 Å². The number of aliphatic hydroxyl groups is 1. The summed E-state index contributed by atoms with van der Waals surface area (Å²) in [5, 5.41) is 18.4. The van der Waals surface area contributed by atoms with Crippen molar-refractivity contribution in [2.45, 2.75) is 32.0 Å². The Hall–Kier alpha value is -4.06. The summed E-state index contributed by atoms with van der Waals surface area (Å²) in [6.45, 7) is 7.56. The molecule has 7 rings (SSSR count). The Labute approximate surface area is 243 Å². The molecule has 2 saturated heterocycles. The summed E-state index contributed by atoms with van der Waals surface area (Å²) in [6.07, 6.45) is 6.36. The molecule has 2 aliphatic heterocycles. The highest BCUT2D eigenvalue weighted by Crippen LogP contribution is 2.36. The zero-order valence-corrected chi connectivity index (χ0v) is 23.9. The first-order valence-electron chi connectivity index (χ1n) is 14.6. The number of piperidine rings is 1. The SMILES string of the molecule is Cc1nc2c(F)cc(-c3c[nH]c4ncc(NC(O)c5ccnc(N6CCNCC6)c5)cc34)cc2n1C1CCN(C)CC1. The van der Waals surface area contributed by atoms with Crippen molar-refractivity contribution >= 4 is 33.6 Å². The summed E-state index contributed by atoms with van der Waals surface area (Å²) in [4.78, 5) is 21.5. The van der Waals surface area contributed by atoms with Crippen molar-refractivity contribution < 1.29 is 9.50 Å². The average Bonchev–Trinajstić information content (AvgIpc) is 3.58. The lowest BCUT2D eigenvalue weighted by Crippen LogP contribution is -2.43. The number of aromatic amines is 1. The van der Waals surface area contributed by atoms with Crippen LogP contribution in [0.1, 0.15) is 36.5 Å². The van der Waals surface area contributed by atoms with Crippen LogP contribution in [-0.2, 0) is 0 Å². The van der Waals surface area contributed by atoms with E-state index >= 15 is 4.39 Å². The number of anilines is 2. The van der Waals surface area contributed by atoms with Gasteiger partial charge < -0.3 is 35.1 Å². The molecule has 0 aliphatic carbocycles. The van der Waals surface area contributed by atoms with Crippen LogP contribution < -0.4 is 15.5 Å². The first-order chi connectivity index (χ1) is 20.4. The smallest absolute Gasteiger partial charge is 0.151 e. The largest absolute Gasteiger partial charge is 0.369 e. The zero-order chi connectivity index (χ0) is 28.8. The van der Waals surface area contributed by atoms with Crippen LogP contribution in [0.15, 0.2) is 48.9 Å². The lowest BCUT2D eigenvalue weighted by atomic mass is 10.0. The Balaban J connectivity index is 1.19. The molecular weight excluding hydrogens is 533 g/mol. The quantitative estimate of drug-likeness (QED) is 0.225. The van der Waals surface area contributed by atoms with Gasteiger partial charge in [0, 0.05) is 61.1 Å². The molecule has 5 aromatic rings. The molecule has 0 spiro atoms. The number of pyridine rings is 2. The molecule has 10 nitrogen and oxygen atoms in total. The molecule has 1 atom stereocenters. The van der Waals surface area contributed by atoms with Gasteiger partial charge in [-0.1, -0.05) is 0 Å². The van der Waals surface area contributed by atoms with Crippen LogP contribution in [0.2, 0.25) is 0 Å². The minimum Gasteiger partial charge on any atom is -0.369 e. The summed E-state index contributed by atoms with van der Waals surface area (Å²) < 4.78 is 17.7. The summed E-state index contributed by atoms with van der Waals surface area (Å²) in [7, 11) is 2.14. The Morgan fingerprint density at radius 3 is 2.69 bits per heavy atom. The molecular formula is C31H36FN9O. The van der Waals surface area contributed by atoms with Gasteiger partial charge in [-0.2, -0.15) is 0 Å². The molecule has 42 heavy (non-hydrogen) atoms. The van der Waals surface area contributed by atoms with E-state index in [0.29, 0.717) is 22.9 Å². The molecule has 218 valence electrons. The Bertz CT molecular complexity index is 1730. The third-order valence-corrected chi connectivity index (χ3v) is 8.65. The molecule has 0 saturated carbocycles. The van der Waals surface area contributed by atoms with Crippen LogP contribution in [-0.4, -0.2) is 80.8 Å². The van der Waals surface area contributed by atoms with Crippen molar-refractivity contribution in [2.75, 3.05) is 56.5 Å². The predicted octanol–water partition coefficient (Wildman–Crippen LogP) is 4.20. The normalized spacial score (nSPS) is 17.8. The number of halogens is 1. The molecule has 1 unspecified atom stereocenters. The number of hydrogen-bond donors (Lipinski definition) is 4. The minimum atomic E-state index is -0.947. The monoisotopic (exact) mass is 569 g/mol. The van der Waals surface area contributed by atoms with Crippen molar-refractivity contribution in [3.8, 4) is 11.1 Å². The number of rotatable bonds is 6. The number of fused-ring (bicyclic) bond motifs is 2. The first kappa shape index (κ1) is 26.8. The number of aromatic nitrogens is 5. The van der Waals surface area contributed by atoms with E-state index in [-0.39, 0.29) is 5.82 Å². The van der Waals surface area contributed by atoms with Crippen LogP contribution in [0, 0.1) is 12.7 Å². The zero-order valence-electron chi connectivity index (χ0n) is 23.9. The second-order valence-electron chi connectivity index (χ2n) is 11.4. The van der Waals surface area contributed by atoms with Crippen molar-refractivity contribution in [3.05, 3.63) is 66.1 Å². The Morgan fingerprint density at radius 2 is 1.88 bits per heavy atom. The van der Waals surface area contributed by atoms with E-state index in [2.05, 4.69) is 52.0 Å². The van der Waals surface area contributed by atoms with Gasteiger partial charge >= 0.3 is 0 Å². The van der Waals surface area contributed by atoms with Crippen molar-refractivity contribution in [1.82, 2.24) is 34.7 Å². The maximum Gasteiger partial charge on any atom is 0.151 e. The predicted molar refractivity (Wildman–Crippen MR) is 163 cm³/mol. The van der Waals surface area contributed by atoms with E-state index in [0.717, 1.165) is 91.3 Å². The van der Waals surface area contributed by atoms with E-state index in [1.807, 2.05) is 37.4 Å². The van der Waals surface area contributed by atoms with Crippen molar-refractivity contribution in [1.29, 1.82) is 0 Å². The number of aliphatic hydroxyl groups excluding tert-OH is 1. The molecule has 2 aliphatic rings. The summed E-state index contributed by atoms with van der Waals surface area (Å²) >= 11 is 0. The molecule has 4 N–H and O–H groups in total. The fourth-order valence-electron chi connectivity index (χ4n) is 6.37. The standard InChI is InChI=1S/C31H36FN9O/c1-19-37-29-26(32)13-21(14-27(29)41(19)23-4-9-39(2)10-5-23)25-18-36-30-24(25)16-22(17-35-30)38-31(42)20-3-6-34-28(15-20)40-11-7-33-8-12-40/h3,6,13-18,23,31,33,38,42H,4-5,7-12H2,1-2H3,(H,35,36). The lowest BCUT2D eigenvalue weighted by molar-refractivity contribution is 0.208. The van der Waals surface area contributed by atoms with Crippen LogP contribution in [0.5, 0.6) is 0 Å². The van der Waals surface area contributed by atoms with Gasteiger partial charge in [0.25, 0.3) is 0 Å². The van der Waals surface area contributed by atoms with E-state index in [1.165, 1.54) is 0 Å². The van der Waals surface area contributed by atoms with E-state index in [1.54, 1.807) is 18.5 Å². The molecule has 0 bridgehead atoms. The van der Waals surface area contributed by atoms with Gasteiger partial charge in [-0.15, -0.1) is 0 Å². The molecule has 6 heterocycles. The maximum atomic E-state index is 15.5. The highest BCUT2D eigenvalue weighted by Gasteiger charge is 2.24.